The van der Waals surface area contributed by atoms with E-state index in [1.54, 1.807) is 66.7 Å². The first kappa shape index (κ1) is 30.5. The number of carbonyl (C=O) groups excluding carboxylic acids is 1. The highest BCUT2D eigenvalue weighted by Crippen LogP contribution is 2.32. The van der Waals surface area contributed by atoms with Crippen LogP contribution in [0.25, 0.3) is 0 Å². The molecule has 0 spiro atoms. The Morgan fingerprint density at radius 2 is 1.76 bits per heavy atom. The van der Waals surface area contributed by atoms with Crippen molar-refractivity contribution in [1.29, 1.82) is 5.41 Å². The van der Waals surface area contributed by atoms with Gasteiger partial charge in [-0.05, 0) is 35.9 Å². The van der Waals surface area contributed by atoms with Crippen LogP contribution in [0.3, 0.4) is 0 Å². The minimum absolute atomic E-state index is 0.122. The van der Waals surface area contributed by atoms with Crippen molar-refractivity contribution in [2.45, 2.75) is 43.3 Å². The average Bonchev–Trinajstić information content (AvgIpc) is 2.97. The molecule has 13 heteroatoms. The molecule has 41 heavy (non-hydrogen) atoms. The van der Waals surface area contributed by atoms with Gasteiger partial charge in [-0.3, -0.25) is 10.2 Å². The number of hydrogen-bond donors (Lipinski definition) is 8. The summed E-state index contributed by atoms with van der Waals surface area (Å²) in [4.78, 5) is 13.7. The van der Waals surface area contributed by atoms with Gasteiger partial charge in [0.2, 0.25) is 12.2 Å². The molecule has 0 bridgehead atoms. The first-order chi connectivity index (χ1) is 19.6. The number of ether oxygens (including phenoxy) is 2. The van der Waals surface area contributed by atoms with E-state index in [-0.39, 0.29) is 18.1 Å². The van der Waals surface area contributed by atoms with E-state index in [0.717, 1.165) is 0 Å². The van der Waals surface area contributed by atoms with Gasteiger partial charge >= 0.3 is 0 Å². The smallest absolute Gasteiger partial charge is 0.247 e. The quantitative estimate of drug-likeness (QED) is 0.126. The third kappa shape index (κ3) is 7.27. The monoisotopic (exact) mass is 604 g/mol. The number of nitrogen functional groups attached to an aromatic ring is 1. The normalized spacial score (nSPS) is 22.9. The highest BCUT2D eigenvalue weighted by molar-refractivity contribution is 6.42. The molecule has 1 fully saturated rings. The van der Waals surface area contributed by atoms with Crippen molar-refractivity contribution in [3.8, 4) is 5.75 Å². The van der Waals surface area contributed by atoms with E-state index in [9.17, 15) is 25.2 Å². The van der Waals surface area contributed by atoms with Crippen molar-refractivity contribution in [3.63, 3.8) is 0 Å². The number of halogens is 2. The molecule has 0 radical (unpaired) electrons. The number of carbonyl (C=O) groups is 1. The van der Waals surface area contributed by atoms with Gasteiger partial charge in [0.25, 0.3) is 0 Å². The van der Waals surface area contributed by atoms with Crippen molar-refractivity contribution < 1.29 is 34.7 Å². The Hall–Kier alpha value is -3.42. The van der Waals surface area contributed by atoms with E-state index < -0.39 is 49.3 Å². The number of nitrogens with one attached hydrogen (secondary N) is 3. The Labute approximate surface area is 245 Å². The summed E-state index contributed by atoms with van der Waals surface area (Å²) in [6.45, 7) is -0.503. The van der Waals surface area contributed by atoms with Crippen molar-refractivity contribution in [3.05, 3.63) is 93.5 Å². The summed E-state index contributed by atoms with van der Waals surface area (Å²) in [5.41, 5.74) is 7.61. The Balaban J connectivity index is 1.65. The van der Waals surface area contributed by atoms with Crippen LogP contribution in [0.15, 0.2) is 66.7 Å². The molecule has 0 aromatic heterocycles. The zero-order valence-electron chi connectivity index (χ0n) is 21.6. The van der Waals surface area contributed by atoms with Gasteiger partial charge in [-0.25, -0.2) is 0 Å². The van der Waals surface area contributed by atoms with Crippen LogP contribution in [0.2, 0.25) is 10.0 Å². The Bertz CT molecular complexity index is 1390. The summed E-state index contributed by atoms with van der Waals surface area (Å²) in [7, 11) is 0. The van der Waals surface area contributed by atoms with E-state index >= 15 is 0 Å². The molecular weight excluding hydrogens is 575 g/mol. The lowest BCUT2D eigenvalue weighted by atomic mass is 9.99. The SMILES string of the molecule is N=C(N)c1cccc(NC(C(=O)NCc2ccc(Cl)c(Cl)c2)c2ccccc2OC2OC(CO)C(O)C(O)C2O)c1. The van der Waals surface area contributed by atoms with Crippen LogP contribution in [0.5, 0.6) is 5.75 Å². The van der Waals surface area contributed by atoms with Gasteiger partial charge in [-0.15, -0.1) is 0 Å². The van der Waals surface area contributed by atoms with Crippen LogP contribution in [-0.2, 0) is 16.1 Å². The van der Waals surface area contributed by atoms with Gasteiger partial charge in [-0.2, -0.15) is 0 Å². The lowest BCUT2D eigenvalue weighted by Gasteiger charge is -2.39. The number of aliphatic hydroxyl groups is 4. The number of aliphatic hydroxyl groups excluding tert-OH is 4. The number of amidine groups is 1. The van der Waals surface area contributed by atoms with Crippen molar-refractivity contribution in [1.82, 2.24) is 5.32 Å². The lowest BCUT2D eigenvalue weighted by molar-refractivity contribution is -0.277. The summed E-state index contributed by atoms with van der Waals surface area (Å²) in [5, 5.41) is 54.8. The molecule has 0 aliphatic carbocycles. The first-order valence-electron chi connectivity index (χ1n) is 12.6. The third-order valence-corrected chi connectivity index (χ3v) is 7.26. The molecule has 1 heterocycles. The second-order valence-corrected chi connectivity index (χ2v) is 10.2. The molecule has 1 saturated heterocycles. The molecule has 6 atom stereocenters. The second kappa shape index (κ2) is 13.5. The Kier molecular flexibility index (Phi) is 10.1. The van der Waals surface area contributed by atoms with Crippen molar-refractivity contribution >= 4 is 40.6 Å². The van der Waals surface area contributed by atoms with Gasteiger partial charge in [-0.1, -0.05) is 59.6 Å². The summed E-state index contributed by atoms with van der Waals surface area (Å²) >= 11 is 12.1. The number of benzene rings is 3. The van der Waals surface area contributed by atoms with Gasteiger partial charge in [0.05, 0.1) is 16.7 Å². The lowest BCUT2D eigenvalue weighted by Crippen LogP contribution is -2.60. The molecule has 3 aromatic rings. The molecule has 0 saturated carbocycles. The summed E-state index contributed by atoms with van der Waals surface area (Å²) in [6.07, 6.45) is -7.49. The van der Waals surface area contributed by atoms with Gasteiger partial charge in [0.1, 0.15) is 42.0 Å². The summed E-state index contributed by atoms with van der Waals surface area (Å²) < 4.78 is 11.4. The molecule has 4 rings (SSSR count). The molecule has 3 aromatic carbocycles. The molecule has 1 aliphatic rings. The van der Waals surface area contributed by atoms with Crippen molar-refractivity contribution in [2.24, 2.45) is 5.73 Å². The average molecular weight is 605 g/mol. The third-order valence-electron chi connectivity index (χ3n) is 6.52. The molecule has 1 amide bonds. The maximum Gasteiger partial charge on any atom is 0.247 e. The zero-order valence-corrected chi connectivity index (χ0v) is 23.1. The van der Waals surface area contributed by atoms with E-state index in [4.69, 9.17) is 43.8 Å². The maximum absolute atomic E-state index is 13.7. The van der Waals surface area contributed by atoms with Gasteiger partial charge in [0, 0.05) is 23.4 Å². The number of amides is 1. The predicted octanol–water partition coefficient (Wildman–Crippen LogP) is 1.93. The molecule has 6 unspecified atom stereocenters. The Morgan fingerprint density at radius 1 is 1.00 bits per heavy atom. The van der Waals surface area contributed by atoms with Crippen molar-refractivity contribution in [2.75, 3.05) is 11.9 Å². The first-order valence-corrected chi connectivity index (χ1v) is 13.3. The molecular formula is C28H30Cl2N4O7. The predicted molar refractivity (Wildman–Crippen MR) is 153 cm³/mol. The number of para-hydroxylation sites is 1. The Morgan fingerprint density at radius 3 is 2.46 bits per heavy atom. The van der Waals surface area contributed by atoms with Crippen LogP contribution >= 0.6 is 23.2 Å². The van der Waals surface area contributed by atoms with E-state index in [0.29, 0.717) is 32.4 Å². The minimum atomic E-state index is -1.65. The van der Waals surface area contributed by atoms with E-state index in [1.807, 2.05) is 0 Å². The molecule has 11 nitrogen and oxygen atoms in total. The number of rotatable bonds is 10. The summed E-state index contributed by atoms with van der Waals surface area (Å²) in [5.74, 6) is -0.489. The fraction of sp³-hybridized carbons (Fsp3) is 0.286. The largest absolute Gasteiger partial charge is 0.462 e. The van der Waals surface area contributed by atoms with Crippen LogP contribution in [-0.4, -0.2) is 69.5 Å². The zero-order chi connectivity index (χ0) is 29.7. The highest BCUT2D eigenvalue weighted by atomic mass is 35.5. The molecule has 218 valence electrons. The highest BCUT2D eigenvalue weighted by Gasteiger charge is 2.45. The second-order valence-electron chi connectivity index (χ2n) is 9.39. The topological polar surface area (TPSA) is 190 Å². The number of nitrogens with two attached hydrogens (primary N) is 1. The van der Waals surface area contributed by atoms with Crippen LogP contribution in [0, 0.1) is 5.41 Å². The van der Waals surface area contributed by atoms with Gasteiger partial charge in [0.15, 0.2) is 0 Å². The maximum atomic E-state index is 13.7. The van der Waals surface area contributed by atoms with Crippen LogP contribution in [0.4, 0.5) is 5.69 Å². The van der Waals surface area contributed by atoms with E-state index in [2.05, 4.69) is 10.6 Å². The number of hydrogen-bond acceptors (Lipinski definition) is 9. The van der Waals surface area contributed by atoms with Gasteiger partial charge < -0.3 is 46.3 Å². The fourth-order valence-corrected chi connectivity index (χ4v) is 4.61. The van der Waals surface area contributed by atoms with E-state index in [1.165, 1.54) is 0 Å². The molecule has 9 N–H and O–H groups in total. The minimum Gasteiger partial charge on any atom is -0.462 e. The van der Waals surface area contributed by atoms with Crippen LogP contribution < -0.4 is 21.1 Å². The van der Waals surface area contributed by atoms with Crippen LogP contribution in [0.1, 0.15) is 22.7 Å². The fourth-order valence-electron chi connectivity index (χ4n) is 4.28. The summed E-state index contributed by atoms with van der Waals surface area (Å²) in [6, 6.07) is 17.1. The standard InChI is InChI=1S/C28H30Cl2N4O7/c29-18-9-8-14(10-19(18)30)12-33-27(39)22(34-16-5-3-4-15(11-16)26(31)32)17-6-1-2-7-20(17)40-28-25(38)24(37)23(36)21(13-35)41-28/h1-11,21-25,28,34-38H,12-13H2,(H3,31,32)(H,33,39). The molecule has 1 aliphatic heterocycles. The number of anilines is 1.